The van der Waals surface area contributed by atoms with E-state index in [1.807, 2.05) is 18.2 Å². The lowest BCUT2D eigenvalue weighted by atomic mass is 9.70. The van der Waals surface area contributed by atoms with Crippen molar-refractivity contribution in [2.24, 2.45) is 5.41 Å². The van der Waals surface area contributed by atoms with Gasteiger partial charge in [0.1, 0.15) is 0 Å². The second-order valence-electron chi connectivity index (χ2n) is 6.94. The number of ketones is 1. The maximum Gasteiger partial charge on any atom is 0.522 e. The Hall–Kier alpha value is -1.79. The lowest BCUT2D eigenvalue weighted by molar-refractivity contribution is -0.0510. The molecule has 2 aliphatic heterocycles. The summed E-state index contributed by atoms with van der Waals surface area (Å²) in [6.45, 7) is 2.95. The predicted octanol–water partition coefficient (Wildman–Crippen LogP) is 2.94. The van der Waals surface area contributed by atoms with E-state index in [1.165, 1.54) is 10.4 Å². The summed E-state index contributed by atoms with van der Waals surface area (Å²) in [5.74, 6) is 0.239. The number of hydrogen-bond acceptors (Lipinski definition) is 6. The molecule has 3 heterocycles. The highest BCUT2D eigenvalue weighted by molar-refractivity contribution is 7.86. The number of thiophene rings is 1. The maximum absolute atomic E-state index is 12.7. The molecule has 0 bridgehead atoms. The van der Waals surface area contributed by atoms with Gasteiger partial charge in [-0.2, -0.15) is 21.6 Å². The van der Waals surface area contributed by atoms with Crippen molar-refractivity contribution in [2.45, 2.75) is 18.0 Å². The van der Waals surface area contributed by atoms with Crippen molar-refractivity contribution >= 4 is 27.2 Å². The molecular weight excluding hydrogens is 429 g/mol. The molecule has 3 N–H and O–H groups in total. The molecule has 0 radical (unpaired) electrons. The van der Waals surface area contributed by atoms with E-state index in [0.29, 0.717) is 0 Å². The van der Waals surface area contributed by atoms with E-state index >= 15 is 0 Å². The first-order valence-corrected chi connectivity index (χ1v) is 11.0. The van der Waals surface area contributed by atoms with Crippen LogP contribution >= 0.6 is 11.3 Å². The Kier molecular flexibility index (Phi) is 6.16. The topological polar surface area (TPSA) is 95.5 Å². The van der Waals surface area contributed by atoms with Crippen LogP contribution in [0, 0.1) is 5.41 Å². The van der Waals surface area contributed by atoms with Gasteiger partial charge in [-0.05, 0) is 30.0 Å². The Morgan fingerprint density at radius 2 is 1.83 bits per heavy atom. The molecule has 2 fully saturated rings. The van der Waals surface area contributed by atoms with Gasteiger partial charge in [-0.25, -0.2) is 0 Å². The molecule has 1 spiro atoms. The average molecular weight is 448 g/mol. The molecule has 4 rings (SSSR count). The third kappa shape index (κ3) is 4.69. The SMILES string of the molecule is O=C(c1ccc(-c2cccs2)cc1)C1NCC12CCNC2.O=S(=O)(O)C(F)(F)F. The number of carbonyl (C=O) groups excluding carboxylic acids is 1. The van der Waals surface area contributed by atoms with Crippen LogP contribution in [0.25, 0.3) is 10.4 Å². The summed E-state index contributed by atoms with van der Waals surface area (Å²) < 4.78 is 57.5. The number of carbonyl (C=O) groups is 1. The lowest BCUT2D eigenvalue weighted by Crippen LogP contribution is -2.66. The Labute approximate surface area is 169 Å². The van der Waals surface area contributed by atoms with Crippen LogP contribution in [-0.2, 0) is 10.1 Å². The zero-order valence-corrected chi connectivity index (χ0v) is 16.7. The van der Waals surface area contributed by atoms with E-state index in [4.69, 9.17) is 13.0 Å². The maximum atomic E-state index is 12.7. The minimum Gasteiger partial charge on any atom is -0.316 e. The van der Waals surface area contributed by atoms with Crippen LogP contribution in [0.1, 0.15) is 16.8 Å². The zero-order valence-electron chi connectivity index (χ0n) is 15.1. The minimum absolute atomic E-state index is 0.0138. The molecule has 2 atom stereocenters. The average Bonchev–Trinajstić information content (AvgIpc) is 3.33. The van der Waals surface area contributed by atoms with Gasteiger partial charge in [0.15, 0.2) is 5.78 Å². The van der Waals surface area contributed by atoms with E-state index in [9.17, 15) is 18.0 Å². The van der Waals surface area contributed by atoms with Gasteiger partial charge in [-0.15, -0.1) is 11.3 Å². The predicted molar refractivity (Wildman–Crippen MR) is 103 cm³/mol. The van der Waals surface area contributed by atoms with Crippen LogP contribution in [0.5, 0.6) is 0 Å². The number of nitrogens with one attached hydrogen (secondary N) is 2. The molecule has 11 heteroatoms. The van der Waals surface area contributed by atoms with Crippen LogP contribution in [0.2, 0.25) is 0 Å². The van der Waals surface area contributed by atoms with E-state index in [1.54, 1.807) is 11.3 Å². The smallest absolute Gasteiger partial charge is 0.316 e. The Morgan fingerprint density at radius 1 is 1.17 bits per heavy atom. The summed E-state index contributed by atoms with van der Waals surface area (Å²) in [4.78, 5) is 13.9. The van der Waals surface area contributed by atoms with Gasteiger partial charge in [0.25, 0.3) is 0 Å². The van der Waals surface area contributed by atoms with Gasteiger partial charge in [0.05, 0.1) is 6.04 Å². The number of halogens is 3. The molecule has 2 aromatic rings. The number of alkyl halides is 3. The molecule has 6 nitrogen and oxygen atoms in total. The second-order valence-corrected chi connectivity index (χ2v) is 9.30. The van der Waals surface area contributed by atoms with Crippen molar-refractivity contribution in [3.05, 3.63) is 47.3 Å². The fraction of sp³-hybridized carbons (Fsp3) is 0.389. The van der Waals surface area contributed by atoms with E-state index < -0.39 is 15.6 Å². The fourth-order valence-electron chi connectivity index (χ4n) is 3.43. The zero-order chi connectivity index (χ0) is 21.3. The fourth-order valence-corrected chi connectivity index (χ4v) is 4.17. The molecular formula is C18H19F3N2O4S2. The molecule has 1 aromatic carbocycles. The van der Waals surface area contributed by atoms with Gasteiger partial charge in [0.2, 0.25) is 0 Å². The van der Waals surface area contributed by atoms with Gasteiger partial charge in [0, 0.05) is 28.9 Å². The van der Waals surface area contributed by atoms with Crippen LogP contribution in [0.3, 0.4) is 0 Å². The normalized spacial score (nSPS) is 23.9. The molecule has 0 aliphatic carbocycles. The first-order chi connectivity index (χ1) is 13.5. The molecule has 2 saturated heterocycles. The lowest BCUT2D eigenvalue weighted by Gasteiger charge is -2.46. The van der Waals surface area contributed by atoms with Crippen molar-refractivity contribution < 1.29 is 30.9 Å². The highest BCUT2D eigenvalue weighted by Gasteiger charge is 2.51. The Bertz CT molecular complexity index is 952. The van der Waals surface area contributed by atoms with E-state index in [-0.39, 0.29) is 17.2 Å². The molecule has 158 valence electrons. The van der Waals surface area contributed by atoms with Crippen molar-refractivity contribution in [3.63, 3.8) is 0 Å². The second kappa shape index (κ2) is 8.15. The third-order valence-corrected chi connectivity index (χ3v) is 6.58. The van der Waals surface area contributed by atoms with Crippen LogP contribution < -0.4 is 10.6 Å². The summed E-state index contributed by atoms with van der Waals surface area (Å²) in [5.41, 5.74) is -3.38. The first-order valence-electron chi connectivity index (χ1n) is 8.69. The van der Waals surface area contributed by atoms with Gasteiger partial charge in [-0.3, -0.25) is 9.35 Å². The monoisotopic (exact) mass is 448 g/mol. The number of Topliss-reactive ketones (excluding diaryl/α,β-unsaturated/α-hetero) is 1. The molecule has 0 saturated carbocycles. The highest BCUT2D eigenvalue weighted by Crippen LogP contribution is 2.37. The molecule has 2 unspecified atom stereocenters. The first kappa shape index (κ1) is 21.9. The summed E-state index contributed by atoms with van der Waals surface area (Å²) in [7, 11) is -5.84. The van der Waals surface area contributed by atoms with Crippen LogP contribution in [0.4, 0.5) is 13.2 Å². The Morgan fingerprint density at radius 3 is 2.24 bits per heavy atom. The summed E-state index contributed by atoms with van der Waals surface area (Å²) in [6.07, 6.45) is 1.10. The van der Waals surface area contributed by atoms with Crippen LogP contribution in [-0.4, -0.2) is 49.9 Å². The minimum atomic E-state index is -5.84. The molecule has 1 aromatic heterocycles. The number of hydrogen-bond donors (Lipinski definition) is 3. The Balaban J connectivity index is 0.000000258. The van der Waals surface area contributed by atoms with Crippen molar-refractivity contribution in [1.29, 1.82) is 0 Å². The van der Waals surface area contributed by atoms with Crippen molar-refractivity contribution in [3.8, 4) is 10.4 Å². The van der Waals surface area contributed by atoms with Crippen LogP contribution in [0.15, 0.2) is 41.8 Å². The summed E-state index contributed by atoms with van der Waals surface area (Å²) in [6, 6.07) is 12.2. The largest absolute Gasteiger partial charge is 0.522 e. The summed E-state index contributed by atoms with van der Waals surface area (Å²) in [5, 5.41) is 8.79. The van der Waals surface area contributed by atoms with Crippen molar-refractivity contribution in [2.75, 3.05) is 19.6 Å². The standard InChI is InChI=1S/C17H18N2OS.CHF3O3S/c20-15(16-17(11-19-16)7-8-18-10-17)13-5-3-12(4-6-13)14-2-1-9-21-14;2-1(3,4)8(5,6)7/h1-6,9,16,18-19H,7-8,10-11H2;(H,5,6,7). The third-order valence-electron chi connectivity index (χ3n) is 5.08. The molecule has 0 amide bonds. The van der Waals surface area contributed by atoms with E-state index in [2.05, 4.69) is 34.2 Å². The highest BCUT2D eigenvalue weighted by atomic mass is 32.2. The van der Waals surface area contributed by atoms with E-state index in [0.717, 1.165) is 31.6 Å². The number of rotatable bonds is 3. The summed E-state index contributed by atoms with van der Waals surface area (Å²) >= 11 is 1.72. The van der Waals surface area contributed by atoms with Gasteiger partial charge in [-0.1, -0.05) is 30.3 Å². The van der Waals surface area contributed by atoms with Gasteiger partial charge < -0.3 is 10.6 Å². The quantitative estimate of drug-likeness (QED) is 0.380. The van der Waals surface area contributed by atoms with Gasteiger partial charge >= 0.3 is 15.6 Å². The number of benzene rings is 1. The molecule has 2 aliphatic rings. The molecule has 29 heavy (non-hydrogen) atoms. The van der Waals surface area contributed by atoms with Crippen molar-refractivity contribution in [1.82, 2.24) is 10.6 Å².